The van der Waals surface area contributed by atoms with Crippen LogP contribution in [0.5, 0.6) is 0 Å². The molecule has 239 valence electrons. The third-order valence-corrected chi connectivity index (χ3v) is 62.9. The molecule has 0 amide bonds. The molecule has 2 aromatic heterocycles. The van der Waals surface area contributed by atoms with Crippen LogP contribution in [0.4, 0.5) is 0 Å². The van der Waals surface area contributed by atoms with Crippen molar-refractivity contribution in [3.8, 4) is 22.5 Å². The van der Waals surface area contributed by atoms with Crippen molar-refractivity contribution >= 4 is 56.9 Å². The molecule has 2 atom stereocenters. The van der Waals surface area contributed by atoms with Crippen molar-refractivity contribution in [3.63, 3.8) is 0 Å². The summed E-state index contributed by atoms with van der Waals surface area (Å²) < 4.78 is 0.102. The Morgan fingerprint density at radius 1 is 0.562 bits per heavy atom. The van der Waals surface area contributed by atoms with E-state index in [0.717, 1.165) is 57.2 Å². The standard InChI is InChI=1S/2C20H16N.C2H7Si.2ClH.Zr/c2*1-2-14-12-16-7-5-8-17(18(16)13-14)20-11-10-15-6-3-4-9-19(15)21-20;1-3-2;;;/h2*3-13H,2H2,1H3;3H,1-2H3;2*1H;/q;;;;;+2/p-2. The van der Waals surface area contributed by atoms with Crippen LogP contribution in [-0.2, 0) is 15.6 Å². The second-order valence-corrected chi connectivity index (χ2v) is 56.3. The minimum absolute atomic E-state index is 0.0511. The van der Waals surface area contributed by atoms with Gasteiger partial charge in [0, 0.05) is 0 Å². The molecule has 0 aliphatic heterocycles. The van der Waals surface area contributed by atoms with Gasteiger partial charge in [-0.2, -0.15) is 0 Å². The van der Waals surface area contributed by atoms with Gasteiger partial charge < -0.3 is 0 Å². The van der Waals surface area contributed by atoms with Crippen molar-refractivity contribution in [3.05, 3.63) is 143 Å². The Morgan fingerprint density at radius 2 is 1.00 bits per heavy atom. The first-order chi connectivity index (χ1) is 23.2. The Bertz CT molecular complexity index is 2170. The molecule has 0 spiro atoms. The topological polar surface area (TPSA) is 25.8 Å². The second kappa shape index (κ2) is 12.0. The average Bonchev–Trinajstić information content (AvgIpc) is 3.71. The van der Waals surface area contributed by atoms with E-state index < -0.39 is 21.5 Å². The van der Waals surface area contributed by atoms with Crippen molar-refractivity contribution in [1.29, 1.82) is 0 Å². The van der Waals surface area contributed by atoms with Crippen LogP contribution in [0.1, 0.15) is 56.2 Å². The van der Waals surface area contributed by atoms with Crippen LogP contribution >= 0.6 is 17.0 Å². The predicted octanol–water partition coefficient (Wildman–Crippen LogP) is 12.5. The summed E-state index contributed by atoms with van der Waals surface area (Å²) in [7, 11) is 17.2. The first kappa shape index (κ1) is 32.1. The molecule has 6 heteroatoms. The van der Waals surface area contributed by atoms with E-state index in [1.807, 2.05) is 0 Å². The van der Waals surface area contributed by atoms with Crippen molar-refractivity contribution in [2.75, 3.05) is 0 Å². The molecule has 0 saturated heterocycles. The van der Waals surface area contributed by atoms with Crippen LogP contribution in [0.3, 0.4) is 0 Å². The van der Waals surface area contributed by atoms with E-state index in [1.54, 1.807) is 0 Å². The molecule has 8 rings (SSSR count). The van der Waals surface area contributed by atoms with E-state index >= 15 is 0 Å². The second-order valence-electron chi connectivity index (χ2n) is 13.8. The summed E-state index contributed by atoms with van der Waals surface area (Å²) in [6.45, 7) is 9.38. The van der Waals surface area contributed by atoms with Crippen molar-refractivity contribution < 1.29 is 15.6 Å². The van der Waals surface area contributed by atoms with Gasteiger partial charge in [-0.1, -0.05) is 0 Å². The zero-order chi connectivity index (χ0) is 33.2. The van der Waals surface area contributed by atoms with E-state index in [-0.39, 0.29) is 7.25 Å². The van der Waals surface area contributed by atoms with E-state index in [2.05, 4.69) is 148 Å². The predicted molar refractivity (Wildman–Crippen MR) is 207 cm³/mol. The molecule has 0 bridgehead atoms. The van der Waals surface area contributed by atoms with Gasteiger partial charge in [0.25, 0.3) is 0 Å². The normalized spacial score (nSPS) is 18.0. The molecule has 48 heavy (non-hydrogen) atoms. The van der Waals surface area contributed by atoms with Crippen LogP contribution in [-0.4, -0.2) is 15.9 Å². The number of allylic oxidation sites excluding steroid dienone is 2. The van der Waals surface area contributed by atoms with E-state index in [4.69, 9.17) is 27.0 Å². The van der Waals surface area contributed by atoms with Gasteiger partial charge >= 0.3 is 295 Å². The minimum atomic E-state index is -4.86. The molecule has 2 aliphatic carbocycles. The number of fused-ring (bicyclic) bond motifs is 4. The van der Waals surface area contributed by atoms with Gasteiger partial charge in [0.2, 0.25) is 0 Å². The number of hydrogen-bond donors (Lipinski definition) is 0. The van der Waals surface area contributed by atoms with Crippen LogP contribution in [0.15, 0.2) is 120 Å². The molecule has 0 fully saturated rings. The number of nitrogens with zero attached hydrogens (tertiary/aromatic N) is 2. The maximum absolute atomic E-state index is 8.62. The number of hydrogen-bond acceptors (Lipinski definition) is 2. The summed E-state index contributed by atoms with van der Waals surface area (Å²) in [5.41, 5.74) is 14.2. The third-order valence-electron chi connectivity index (χ3n) is 11.1. The molecule has 2 nitrogen and oxygen atoms in total. The number of para-hydroxylation sites is 2. The first-order valence-electron chi connectivity index (χ1n) is 17.2. The molecule has 0 N–H and O–H groups in total. The third kappa shape index (κ3) is 4.82. The fourth-order valence-corrected chi connectivity index (χ4v) is 40.4. The molecule has 2 aliphatic rings. The Balaban J connectivity index is 1.31. The number of aromatic nitrogens is 2. The maximum atomic E-state index is 8.62. The summed E-state index contributed by atoms with van der Waals surface area (Å²) in [5.74, 6) is -1.66. The Labute approximate surface area is 292 Å². The van der Waals surface area contributed by atoms with Gasteiger partial charge in [0.15, 0.2) is 0 Å². The van der Waals surface area contributed by atoms with Crippen LogP contribution in [0.2, 0.25) is 13.1 Å². The number of rotatable bonds is 7. The molecule has 0 saturated carbocycles. The van der Waals surface area contributed by atoms with E-state index in [0.29, 0.717) is 0 Å². The molecule has 2 unspecified atom stereocenters. The SMILES string of the molecule is CCC1=Cc2c(-c3ccc4ccccc4n3)cccc2[CH]1[Zr]([Cl])([Cl])([CH]1C(CC)=Cc2c(-c3ccc4ccccc4n3)cccc21)[SiH](C)C. The molecule has 4 aromatic carbocycles. The van der Waals surface area contributed by atoms with E-state index in [1.165, 1.54) is 33.4 Å². The van der Waals surface area contributed by atoms with Crippen molar-refractivity contribution in [2.24, 2.45) is 0 Å². The summed E-state index contributed by atoms with van der Waals surface area (Å²) in [4.78, 5) is 10.2. The first-order valence-corrected chi connectivity index (χ1v) is 33.5. The van der Waals surface area contributed by atoms with Crippen LogP contribution < -0.4 is 0 Å². The fraction of sp³-hybridized carbons (Fsp3) is 0.190. The molecule has 6 aromatic rings. The van der Waals surface area contributed by atoms with Gasteiger partial charge in [0.1, 0.15) is 0 Å². The van der Waals surface area contributed by atoms with Crippen LogP contribution in [0.25, 0.3) is 56.5 Å². The summed E-state index contributed by atoms with van der Waals surface area (Å²) in [6.07, 6.45) is 6.67. The van der Waals surface area contributed by atoms with Gasteiger partial charge in [-0.3, -0.25) is 0 Å². The Hall–Kier alpha value is -3.14. The molecule has 2 heterocycles. The fourth-order valence-electron chi connectivity index (χ4n) is 8.56. The number of benzene rings is 4. The van der Waals surface area contributed by atoms with Gasteiger partial charge in [-0.25, -0.2) is 0 Å². The summed E-state index contributed by atoms with van der Waals surface area (Å²) in [6, 6.07) is 38.8. The Morgan fingerprint density at radius 3 is 1.42 bits per heavy atom. The number of halogens is 2. The average molecular weight is 762 g/mol. The molecular weight excluding hydrogens is 723 g/mol. The molecular formula is C42H39Cl2N2SiZr. The number of pyridine rings is 2. The van der Waals surface area contributed by atoms with Gasteiger partial charge in [-0.15, -0.1) is 0 Å². The zero-order valence-electron chi connectivity index (χ0n) is 27.8. The van der Waals surface area contributed by atoms with Crippen molar-refractivity contribution in [2.45, 2.75) is 47.0 Å². The molecule has 0 radical (unpaired) electrons. The summed E-state index contributed by atoms with van der Waals surface area (Å²) in [5, 5.41) is 2.30. The monoisotopic (exact) mass is 759 g/mol. The Kier molecular flexibility index (Phi) is 8.04. The summed E-state index contributed by atoms with van der Waals surface area (Å²) >= 11 is -4.86. The quantitative estimate of drug-likeness (QED) is 0.151. The van der Waals surface area contributed by atoms with Gasteiger partial charge in [0.05, 0.1) is 0 Å². The van der Waals surface area contributed by atoms with Gasteiger partial charge in [-0.05, 0) is 0 Å². The van der Waals surface area contributed by atoms with Crippen molar-refractivity contribution in [1.82, 2.24) is 9.97 Å². The van der Waals surface area contributed by atoms with E-state index in [9.17, 15) is 0 Å². The van der Waals surface area contributed by atoms with Crippen LogP contribution in [0, 0.1) is 0 Å². The zero-order valence-corrected chi connectivity index (χ0v) is 33.0.